The van der Waals surface area contributed by atoms with Crippen LogP contribution in [0.3, 0.4) is 0 Å². The van der Waals surface area contributed by atoms with Gasteiger partial charge < -0.3 is 21.5 Å². The lowest BCUT2D eigenvalue weighted by Crippen LogP contribution is -2.61. The number of carboxylic acid groups (broad SMARTS) is 1. The summed E-state index contributed by atoms with van der Waals surface area (Å²) in [5.41, 5.74) is 6.35. The van der Waals surface area contributed by atoms with Crippen molar-refractivity contribution in [1.82, 2.24) is 10.6 Å². The van der Waals surface area contributed by atoms with Crippen molar-refractivity contribution in [3.63, 3.8) is 0 Å². The molecule has 0 heterocycles. The Hall–Kier alpha value is -1.40. The topological polar surface area (TPSA) is 104 Å². The minimum Gasteiger partial charge on any atom is -0.478 e. The maximum absolute atomic E-state index is 11.3. The Bertz CT molecular complexity index is 391. The first-order valence-corrected chi connectivity index (χ1v) is 7.11. The van der Waals surface area contributed by atoms with Crippen molar-refractivity contribution in [2.75, 3.05) is 0 Å². The third-order valence-corrected chi connectivity index (χ3v) is 3.74. The van der Waals surface area contributed by atoms with E-state index < -0.39 is 12.0 Å². The Labute approximate surface area is 119 Å². The Kier molecular flexibility index (Phi) is 6.16. The van der Waals surface area contributed by atoms with Crippen LogP contribution in [-0.4, -0.2) is 41.2 Å². The lowest BCUT2D eigenvalue weighted by atomic mass is 9.86. The molecule has 1 rings (SSSR count). The second-order valence-electron chi connectivity index (χ2n) is 5.30. The van der Waals surface area contributed by atoms with Gasteiger partial charge in [-0.25, -0.2) is 4.79 Å². The van der Waals surface area contributed by atoms with Gasteiger partial charge in [-0.2, -0.15) is 0 Å². The SMILES string of the molecule is CCC(CC)N[C@@H]1C=C(C(=O)O)C[C@@H](N)[C@H]1NC(C)=O. The van der Waals surface area contributed by atoms with Gasteiger partial charge in [-0.3, -0.25) is 4.79 Å². The lowest BCUT2D eigenvalue weighted by molar-refractivity contribution is -0.133. The summed E-state index contributed by atoms with van der Waals surface area (Å²) in [6.45, 7) is 5.58. The van der Waals surface area contributed by atoms with Gasteiger partial charge in [0.1, 0.15) is 0 Å². The molecule has 0 unspecified atom stereocenters. The van der Waals surface area contributed by atoms with E-state index >= 15 is 0 Å². The second kappa shape index (κ2) is 7.40. The number of carboxylic acids is 1. The highest BCUT2D eigenvalue weighted by molar-refractivity contribution is 5.87. The van der Waals surface area contributed by atoms with E-state index in [0.29, 0.717) is 5.57 Å². The van der Waals surface area contributed by atoms with E-state index in [-0.39, 0.29) is 30.5 Å². The number of aliphatic carboxylic acids is 1. The van der Waals surface area contributed by atoms with Crippen molar-refractivity contribution in [1.29, 1.82) is 0 Å². The average molecular weight is 283 g/mol. The van der Waals surface area contributed by atoms with E-state index in [4.69, 9.17) is 10.8 Å². The number of nitrogens with one attached hydrogen (secondary N) is 2. The maximum Gasteiger partial charge on any atom is 0.331 e. The molecule has 20 heavy (non-hydrogen) atoms. The molecule has 3 atom stereocenters. The summed E-state index contributed by atoms with van der Waals surface area (Å²) in [6, 6.07) is -0.662. The summed E-state index contributed by atoms with van der Waals surface area (Å²) in [4.78, 5) is 22.5. The molecule has 0 saturated carbocycles. The third kappa shape index (κ3) is 4.31. The van der Waals surface area contributed by atoms with Crippen molar-refractivity contribution in [2.24, 2.45) is 5.73 Å². The van der Waals surface area contributed by atoms with E-state index in [1.54, 1.807) is 6.08 Å². The fourth-order valence-corrected chi connectivity index (χ4v) is 2.57. The highest BCUT2D eigenvalue weighted by atomic mass is 16.4. The minimum atomic E-state index is -0.946. The van der Waals surface area contributed by atoms with Crippen LogP contribution >= 0.6 is 0 Å². The van der Waals surface area contributed by atoms with Crippen molar-refractivity contribution in [3.05, 3.63) is 11.6 Å². The van der Waals surface area contributed by atoms with Gasteiger partial charge in [-0.15, -0.1) is 0 Å². The Morgan fingerprint density at radius 3 is 2.50 bits per heavy atom. The second-order valence-corrected chi connectivity index (χ2v) is 5.30. The highest BCUT2D eigenvalue weighted by Crippen LogP contribution is 2.19. The van der Waals surface area contributed by atoms with Crippen molar-refractivity contribution in [2.45, 2.75) is 64.2 Å². The molecule has 0 spiro atoms. The number of rotatable bonds is 6. The van der Waals surface area contributed by atoms with Gasteiger partial charge in [0.25, 0.3) is 0 Å². The molecule has 5 N–H and O–H groups in total. The summed E-state index contributed by atoms with van der Waals surface area (Å²) in [7, 11) is 0. The molecule has 6 nitrogen and oxygen atoms in total. The summed E-state index contributed by atoms with van der Waals surface area (Å²) >= 11 is 0. The standard InChI is InChI=1S/C14H25N3O3/c1-4-10(5-2)17-12-7-9(14(19)20)6-11(15)13(12)16-8(3)18/h7,10-13,17H,4-6,15H2,1-3H3,(H,16,18)(H,19,20)/t11-,12-,13-/m1/s1. The smallest absolute Gasteiger partial charge is 0.331 e. The largest absolute Gasteiger partial charge is 0.478 e. The fraction of sp³-hybridized carbons (Fsp3) is 0.714. The van der Waals surface area contributed by atoms with Crippen LogP contribution in [0.2, 0.25) is 0 Å². The molecule has 0 aromatic rings. The van der Waals surface area contributed by atoms with Crippen LogP contribution in [0.5, 0.6) is 0 Å². The fourth-order valence-electron chi connectivity index (χ4n) is 2.57. The molecule has 0 fully saturated rings. The first-order chi connectivity index (χ1) is 9.38. The van der Waals surface area contributed by atoms with Crippen LogP contribution in [0.25, 0.3) is 0 Å². The average Bonchev–Trinajstić information content (AvgIpc) is 2.38. The van der Waals surface area contributed by atoms with Gasteiger partial charge in [0.2, 0.25) is 5.91 Å². The number of nitrogens with two attached hydrogens (primary N) is 1. The molecule has 0 aliphatic heterocycles. The Morgan fingerprint density at radius 2 is 2.05 bits per heavy atom. The van der Waals surface area contributed by atoms with Gasteiger partial charge in [-0.05, 0) is 19.3 Å². The minimum absolute atomic E-state index is 0.158. The number of carbonyl (C=O) groups excluding carboxylic acids is 1. The number of hydrogen-bond acceptors (Lipinski definition) is 4. The predicted molar refractivity (Wildman–Crippen MR) is 77.2 cm³/mol. The third-order valence-electron chi connectivity index (χ3n) is 3.74. The molecular formula is C14H25N3O3. The van der Waals surface area contributed by atoms with Crippen LogP contribution < -0.4 is 16.4 Å². The van der Waals surface area contributed by atoms with Gasteiger partial charge in [0, 0.05) is 30.6 Å². The zero-order valence-corrected chi connectivity index (χ0v) is 12.3. The van der Waals surface area contributed by atoms with Gasteiger partial charge in [0.05, 0.1) is 6.04 Å². The van der Waals surface area contributed by atoms with E-state index in [2.05, 4.69) is 24.5 Å². The molecule has 0 bridgehead atoms. The maximum atomic E-state index is 11.3. The van der Waals surface area contributed by atoms with Crippen molar-refractivity contribution < 1.29 is 14.7 Å². The van der Waals surface area contributed by atoms with Crippen LogP contribution in [0, 0.1) is 0 Å². The number of carbonyl (C=O) groups is 2. The molecule has 0 aromatic heterocycles. The molecule has 1 aliphatic carbocycles. The molecular weight excluding hydrogens is 258 g/mol. The molecule has 6 heteroatoms. The van der Waals surface area contributed by atoms with E-state index in [1.165, 1.54) is 6.92 Å². The predicted octanol–water partition coefficient (Wildman–Crippen LogP) is 0.380. The molecule has 1 aliphatic rings. The van der Waals surface area contributed by atoms with Crippen LogP contribution in [-0.2, 0) is 9.59 Å². The summed E-state index contributed by atoms with van der Waals surface area (Å²) < 4.78 is 0. The number of amides is 1. The highest BCUT2D eigenvalue weighted by Gasteiger charge is 2.34. The molecule has 0 aromatic carbocycles. The summed E-state index contributed by atoms with van der Waals surface area (Å²) in [6.07, 6.45) is 3.82. The quantitative estimate of drug-likeness (QED) is 0.564. The lowest BCUT2D eigenvalue weighted by Gasteiger charge is -2.37. The van der Waals surface area contributed by atoms with E-state index in [9.17, 15) is 9.59 Å². The molecule has 114 valence electrons. The van der Waals surface area contributed by atoms with Crippen LogP contribution in [0.15, 0.2) is 11.6 Å². The molecule has 0 radical (unpaired) electrons. The van der Waals surface area contributed by atoms with Crippen molar-refractivity contribution in [3.8, 4) is 0 Å². The first kappa shape index (κ1) is 16.7. The molecule has 1 amide bonds. The van der Waals surface area contributed by atoms with E-state index in [1.807, 2.05) is 0 Å². The van der Waals surface area contributed by atoms with E-state index in [0.717, 1.165) is 12.8 Å². The summed E-state index contributed by atoms with van der Waals surface area (Å²) in [5, 5.41) is 15.4. The number of hydrogen-bond donors (Lipinski definition) is 4. The summed E-state index contributed by atoms with van der Waals surface area (Å²) in [5.74, 6) is -1.10. The van der Waals surface area contributed by atoms with Gasteiger partial charge in [-0.1, -0.05) is 19.9 Å². The zero-order chi connectivity index (χ0) is 15.3. The van der Waals surface area contributed by atoms with Crippen LogP contribution in [0.1, 0.15) is 40.0 Å². The van der Waals surface area contributed by atoms with Gasteiger partial charge >= 0.3 is 5.97 Å². The first-order valence-electron chi connectivity index (χ1n) is 7.11. The Morgan fingerprint density at radius 1 is 1.45 bits per heavy atom. The molecule has 0 saturated heterocycles. The van der Waals surface area contributed by atoms with Crippen LogP contribution in [0.4, 0.5) is 0 Å². The van der Waals surface area contributed by atoms with Crippen molar-refractivity contribution >= 4 is 11.9 Å². The zero-order valence-electron chi connectivity index (χ0n) is 12.3. The normalized spacial score (nSPS) is 26.2. The monoisotopic (exact) mass is 283 g/mol. The Balaban J connectivity index is 2.96. The van der Waals surface area contributed by atoms with Gasteiger partial charge in [0.15, 0.2) is 0 Å².